The van der Waals surface area contributed by atoms with Gasteiger partial charge in [-0.2, -0.15) is 0 Å². The number of hydrogen-bond donors (Lipinski definition) is 6. The quantitative estimate of drug-likeness (QED) is 0.291. The molecule has 0 aliphatic heterocycles. The van der Waals surface area contributed by atoms with Crippen molar-refractivity contribution >= 4 is 17.9 Å². The van der Waals surface area contributed by atoms with Crippen molar-refractivity contribution in [2.75, 3.05) is 6.54 Å². The molecule has 0 aliphatic rings. The van der Waals surface area contributed by atoms with E-state index >= 15 is 0 Å². The van der Waals surface area contributed by atoms with Gasteiger partial charge in [-0.15, -0.1) is 0 Å². The molecule has 1 aromatic heterocycles. The fraction of sp³-hybridized carbons (Fsp3) is 0.538. The van der Waals surface area contributed by atoms with E-state index in [0.717, 1.165) is 0 Å². The highest BCUT2D eigenvalue weighted by molar-refractivity contribution is 5.89. The van der Waals surface area contributed by atoms with Crippen LogP contribution in [0.15, 0.2) is 12.5 Å². The maximum atomic E-state index is 12.2. The topological polar surface area (TPSA) is 176 Å². The van der Waals surface area contributed by atoms with Gasteiger partial charge in [-0.25, -0.2) is 14.6 Å². The molecular weight excluding hydrogens is 304 g/mol. The van der Waals surface area contributed by atoms with Gasteiger partial charge in [-0.3, -0.25) is 4.79 Å². The molecule has 10 heteroatoms. The fourth-order valence-electron chi connectivity index (χ4n) is 2.02. The molecule has 0 fully saturated rings. The van der Waals surface area contributed by atoms with Gasteiger partial charge < -0.3 is 32.2 Å². The Morgan fingerprint density at radius 1 is 1.26 bits per heavy atom. The van der Waals surface area contributed by atoms with E-state index in [9.17, 15) is 14.4 Å². The molecule has 128 valence electrons. The molecule has 0 bridgehead atoms. The van der Waals surface area contributed by atoms with Crippen LogP contribution >= 0.6 is 0 Å². The number of primary amides is 1. The summed E-state index contributed by atoms with van der Waals surface area (Å²) >= 11 is 0. The number of unbranched alkanes of at least 4 members (excludes halogenated alkanes) is 1. The van der Waals surface area contributed by atoms with Crippen LogP contribution in [0.1, 0.15) is 25.0 Å². The average Bonchev–Trinajstić information content (AvgIpc) is 2.98. The summed E-state index contributed by atoms with van der Waals surface area (Å²) in [5, 5.41) is 13.9. The summed E-state index contributed by atoms with van der Waals surface area (Å²) < 4.78 is 0. The van der Waals surface area contributed by atoms with E-state index in [1.165, 1.54) is 12.5 Å². The van der Waals surface area contributed by atoms with Crippen molar-refractivity contribution in [2.24, 2.45) is 11.5 Å². The highest BCUT2D eigenvalue weighted by Crippen LogP contribution is 2.04. The van der Waals surface area contributed by atoms with E-state index in [2.05, 4.69) is 20.6 Å². The largest absolute Gasteiger partial charge is 0.480 e. The molecule has 1 heterocycles. The molecule has 0 saturated carbocycles. The molecule has 0 spiro atoms. The number of carboxylic acids is 1. The van der Waals surface area contributed by atoms with Gasteiger partial charge in [0.15, 0.2) is 0 Å². The first kappa shape index (κ1) is 18.4. The zero-order chi connectivity index (χ0) is 17.2. The summed E-state index contributed by atoms with van der Waals surface area (Å²) in [5.41, 5.74) is 11.0. The third-order valence-electron chi connectivity index (χ3n) is 3.17. The zero-order valence-electron chi connectivity index (χ0n) is 12.6. The van der Waals surface area contributed by atoms with Crippen molar-refractivity contribution in [2.45, 2.75) is 37.8 Å². The van der Waals surface area contributed by atoms with E-state index in [1.54, 1.807) is 0 Å². The predicted molar refractivity (Wildman–Crippen MR) is 81.3 cm³/mol. The van der Waals surface area contributed by atoms with Gasteiger partial charge in [0.2, 0.25) is 5.91 Å². The van der Waals surface area contributed by atoms with Gasteiger partial charge in [0, 0.05) is 18.3 Å². The number of nitrogens with one attached hydrogen (secondary N) is 3. The Morgan fingerprint density at radius 3 is 2.52 bits per heavy atom. The lowest BCUT2D eigenvalue weighted by Gasteiger charge is -2.20. The Bertz CT molecular complexity index is 519. The van der Waals surface area contributed by atoms with Gasteiger partial charge in [0.1, 0.15) is 12.1 Å². The molecule has 0 saturated heterocycles. The molecular formula is C13H22N6O4. The Kier molecular flexibility index (Phi) is 7.54. The molecule has 2 atom stereocenters. The summed E-state index contributed by atoms with van der Waals surface area (Å²) in [5.74, 6) is -1.77. The van der Waals surface area contributed by atoms with Crippen LogP contribution in [0.4, 0.5) is 4.79 Å². The maximum Gasteiger partial charge on any atom is 0.326 e. The number of carbonyl (C=O) groups is 3. The molecule has 0 aliphatic carbocycles. The number of amides is 3. The van der Waals surface area contributed by atoms with Crippen molar-refractivity contribution in [3.05, 3.63) is 18.2 Å². The number of imidazole rings is 1. The van der Waals surface area contributed by atoms with Crippen molar-refractivity contribution in [3.8, 4) is 0 Å². The monoisotopic (exact) mass is 326 g/mol. The Morgan fingerprint density at radius 2 is 2.00 bits per heavy atom. The number of nitrogens with two attached hydrogens (primary N) is 2. The first-order chi connectivity index (χ1) is 10.9. The number of urea groups is 1. The number of rotatable bonds is 10. The molecule has 1 rings (SSSR count). The van der Waals surface area contributed by atoms with Crippen LogP contribution in [0.3, 0.4) is 0 Å². The number of nitrogens with zero attached hydrogens (tertiary/aromatic N) is 1. The first-order valence-corrected chi connectivity index (χ1v) is 7.20. The van der Waals surface area contributed by atoms with E-state index < -0.39 is 30.0 Å². The second-order valence-electron chi connectivity index (χ2n) is 5.03. The highest BCUT2D eigenvalue weighted by atomic mass is 16.4. The van der Waals surface area contributed by atoms with Crippen molar-refractivity contribution < 1.29 is 19.5 Å². The first-order valence-electron chi connectivity index (χ1n) is 7.20. The highest BCUT2D eigenvalue weighted by Gasteiger charge is 2.26. The lowest BCUT2D eigenvalue weighted by Crippen LogP contribution is -2.53. The number of aromatic amines is 1. The van der Waals surface area contributed by atoms with E-state index in [-0.39, 0.29) is 12.8 Å². The van der Waals surface area contributed by atoms with Crippen LogP contribution < -0.4 is 22.1 Å². The summed E-state index contributed by atoms with van der Waals surface area (Å²) in [6.07, 6.45) is 4.54. The maximum absolute atomic E-state index is 12.2. The average molecular weight is 326 g/mol. The molecule has 23 heavy (non-hydrogen) atoms. The lowest BCUT2D eigenvalue weighted by atomic mass is 10.1. The van der Waals surface area contributed by atoms with Crippen molar-refractivity contribution in [1.29, 1.82) is 0 Å². The third-order valence-corrected chi connectivity index (χ3v) is 3.17. The number of H-pyrrole nitrogens is 1. The normalized spacial score (nSPS) is 13.1. The van der Waals surface area contributed by atoms with E-state index in [1.807, 2.05) is 0 Å². The van der Waals surface area contributed by atoms with Crippen LogP contribution in [0.25, 0.3) is 0 Å². The van der Waals surface area contributed by atoms with E-state index in [4.69, 9.17) is 16.6 Å². The summed E-state index contributed by atoms with van der Waals surface area (Å²) in [6, 6.07) is -2.92. The van der Waals surface area contributed by atoms with Crippen molar-refractivity contribution in [1.82, 2.24) is 20.6 Å². The van der Waals surface area contributed by atoms with Gasteiger partial charge in [0.05, 0.1) is 6.33 Å². The molecule has 3 amide bonds. The minimum atomic E-state index is -1.14. The second-order valence-corrected chi connectivity index (χ2v) is 5.03. The van der Waals surface area contributed by atoms with Crippen LogP contribution in [-0.2, 0) is 16.0 Å². The zero-order valence-corrected chi connectivity index (χ0v) is 12.6. The molecule has 0 unspecified atom stereocenters. The van der Waals surface area contributed by atoms with Gasteiger partial charge >= 0.3 is 12.0 Å². The SMILES string of the molecule is NCCCC[C@H](NC(=O)[C@H](Cc1cnc[nH]1)NC(N)=O)C(=O)O. The molecule has 0 aromatic carbocycles. The summed E-state index contributed by atoms with van der Waals surface area (Å²) in [4.78, 5) is 41.1. The number of aromatic nitrogens is 2. The molecule has 1 aromatic rings. The molecule has 10 nitrogen and oxygen atoms in total. The predicted octanol–water partition coefficient (Wildman–Crippen LogP) is -1.31. The van der Waals surface area contributed by atoms with Crippen molar-refractivity contribution in [3.63, 3.8) is 0 Å². The number of aliphatic carboxylic acids is 1. The fourth-order valence-corrected chi connectivity index (χ4v) is 2.02. The molecule has 0 radical (unpaired) electrons. The second kappa shape index (κ2) is 9.41. The van der Waals surface area contributed by atoms with E-state index in [0.29, 0.717) is 25.1 Å². The standard InChI is InChI=1S/C13H22N6O4/c14-4-2-1-3-9(12(21)22)18-11(20)10(19-13(15)23)5-8-6-16-7-17-8/h6-7,9-10H,1-5,14H2,(H,16,17)(H,18,20)(H,21,22)(H3,15,19,23)/t9-,10-/m0/s1. The minimum absolute atomic E-state index is 0.115. The van der Waals surface area contributed by atoms with Gasteiger partial charge in [0.25, 0.3) is 0 Å². The molecule has 8 N–H and O–H groups in total. The lowest BCUT2D eigenvalue weighted by molar-refractivity contribution is -0.142. The van der Waals surface area contributed by atoms with Gasteiger partial charge in [-0.1, -0.05) is 0 Å². The number of hydrogen-bond acceptors (Lipinski definition) is 5. The summed E-state index contributed by atoms with van der Waals surface area (Å²) in [6.45, 7) is 0.450. The van der Waals surface area contributed by atoms with Crippen LogP contribution in [0, 0.1) is 0 Å². The Balaban J connectivity index is 2.69. The Hall–Kier alpha value is -2.62. The number of carboxylic acid groups (broad SMARTS) is 1. The summed E-state index contributed by atoms with van der Waals surface area (Å²) in [7, 11) is 0. The van der Waals surface area contributed by atoms with Gasteiger partial charge in [-0.05, 0) is 25.8 Å². The minimum Gasteiger partial charge on any atom is -0.480 e. The van der Waals surface area contributed by atoms with Crippen LogP contribution in [0.2, 0.25) is 0 Å². The third kappa shape index (κ3) is 6.78. The van der Waals surface area contributed by atoms with Crippen LogP contribution in [-0.4, -0.2) is 51.6 Å². The number of carbonyl (C=O) groups excluding carboxylic acids is 2. The smallest absolute Gasteiger partial charge is 0.326 e. The Labute approximate surface area is 133 Å². The van der Waals surface area contributed by atoms with Crippen LogP contribution in [0.5, 0.6) is 0 Å².